The molecule has 1 aliphatic heterocycles. The zero-order valence-corrected chi connectivity index (χ0v) is 11.7. The SMILES string of the molecule is O=S(=O)(NCCN1CCCC1)c1cccc(CO)c1. The maximum absolute atomic E-state index is 12.1. The zero-order chi connectivity index (χ0) is 13.7. The van der Waals surface area contributed by atoms with Crippen molar-refractivity contribution in [2.75, 3.05) is 26.2 Å². The Morgan fingerprint density at radius 3 is 2.68 bits per heavy atom. The van der Waals surface area contributed by atoms with Crippen molar-refractivity contribution in [3.05, 3.63) is 29.8 Å². The Balaban J connectivity index is 1.93. The summed E-state index contributed by atoms with van der Waals surface area (Å²) in [6.07, 6.45) is 2.40. The highest BCUT2D eigenvalue weighted by Crippen LogP contribution is 2.11. The quantitative estimate of drug-likeness (QED) is 0.800. The molecule has 1 aliphatic rings. The fraction of sp³-hybridized carbons (Fsp3) is 0.538. The highest BCUT2D eigenvalue weighted by atomic mass is 32.2. The van der Waals surface area contributed by atoms with Crippen molar-refractivity contribution in [3.63, 3.8) is 0 Å². The smallest absolute Gasteiger partial charge is 0.240 e. The second-order valence-electron chi connectivity index (χ2n) is 4.75. The van der Waals surface area contributed by atoms with E-state index >= 15 is 0 Å². The molecule has 1 saturated heterocycles. The van der Waals surface area contributed by atoms with Gasteiger partial charge in [0.15, 0.2) is 0 Å². The van der Waals surface area contributed by atoms with Gasteiger partial charge in [0.1, 0.15) is 0 Å². The van der Waals surface area contributed by atoms with Crippen molar-refractivity contribution >= 4 is 10.0 Å². The van der Waals surface area contributed by atoms with E-state index in [1.807, 2.05) is 0 Å². The zero-order valence-electron chi connectivity index (χ0n) is 10.9. The first-order chi connectivity index (χ1) is 9.12. The third-order valence-corrected chi connectivity index (χ3v) is 4.77. The largest absolute Gasteiger partial charge is 0.392 e. The van der Waals surface area contributed by atoms with Gasteiger partial charge >= 0.3 is 0 Å². The summed E-state index contributed by atoms with van der Waals surface area (Å²) in [5.74, 6) is 0. The van der Waals surface area contributed by atoms with Gasteiger partial charge < -0.3 is 10.0 Å². The normalized spacial score (nSPS) is 16.9. The lowest BCUT2D eigenvalue weighted by atomic mass is 10.2. The number of hydrogen-bond acceptors (Lipinski definition) is 4. The summed E-state index contributed by atoms with van der Waals surface area (Å²) < 4.78 is 26.7. The predicted octanol–water partition coefficient (Wildman–Crippen LogP) is 0.553. The van der Waals surface area contributed by atoms with Gasteiger partial charge in [-0.05, 0) is 43.6 Å². The lowest BCUT2D eigenvalue weighted by Gasteiger charge is -2.15. The first-order valence-electron chi connectivity index (χ1n) is 6.53. The lowest BCUT2D eigenvalue weighted by Crippen LogP contribution is -2.33. The van der Waals surface area contributed by atoms with Gasteiger partial charge in [0, 0.05) is 13.1 Å². The number of aliphatic hydroxyl groups is 1. The molecule has 0 atom stereocenters. The average Bonchev–Trinajstić information content (AvgIpc) is 2.92. The Bertz CT molecular complexity index is 510. The molecule has 0 aromatic heterocycles. The monoisotopic (exact) mass is 284 g/mol. The summed E-state index contributed by atoms with van der Waals surface area (Å²) >= 11 is 0. The van der Waals surface area contributed by atoms with Crippen molar-refractivity contribution in [1.82, 2.24) is 9.62 Å². The van der Waals surface area contributed by atoms with Crippen LogP contribution in [0.25, 0.3) is 0 Å². The first kappa shape index (κ1) is 14.5. The molecule has 0 bridgehead atoms. The van der Waals surface area contributed by atoms with E-state index in [2.05, 4.69) is 9.62 Å². The van der Waals surface area contributed by atoms with Crippen LogP contribution in [0.1, 0.15) is 18.4 Å². The van der Waals surface area contributed by atoms with Crippen molar-refractivity contribution in [2.24, 2.45) is 0 Å². The van der Waals surface area contributed by atoms with E-state index in [4.69, 9.17) is 5.11 Å². The van der Waals surface area contributed by atoms with E-state index in [1.54, 1.807) is 12.1 Å². The Hall–Kier alpha value is -0.950. The van der Waals surface area contributed by atoms with Gasteiger partial charge in [-0.3, -0.25) is 0 Å². The van der Waals surface area contributed by atoms with E-state index in [1.165, 1.54) is 25.0 Å². The number of likely N-dealkylation sites (tertiary alicyclic amines) is 1. The number of nitrogens with one attached hydrogen (secondary N) is 1. The van der Waals surface area contributed by atoms with E-state index in [9.17, 15) is 8.42 Å². The summed E-state index contributed by atoms with van der Waals surface area (Å²) in [4.78, 5) is 2.47. The molecule has 0 radical (unpaired) electrons. The summed E-state index contributed by atoms with van der Waals surface area (Å²) in [5.41, 5.74) is 0.599. The Labute approximate surface area is 114 Å². The Morgan fingerprint density at radius 2 is 2.00 bits per heavy atom. The summed E-state index contributed by atoms with van der Waals surface area (Å²) in [7, 11) is -3.47. The number of aliphatic hydroxyl groups excluding tert-OH is 1. The van der Waals surface area contributed by atoms with Crippen LogP contribution in [-0.4, -0.2) is 44.6 Å². The maximum atomic E-state index is 12.1. The standard InChI is InChI=1S/C13H20N2O3S/c16-11-12-4-3-5-13(10-12)19(17,18)14-6-9-15-7-1-2-8-15/h3-5,10,14,16H,1-2,6-9,11H2. The molecule has 106 valence electrons. The molecule has 1 aromatic rings. The van der Waals surface area contributed by atoms with Crippen LogP contribution in [-0.2, 0) is 16.6 Å². The van der Waals surface area contributed by atoms with Gasteiger partial charge in [-0.2, -0.15) is 0 Å². The molecule has 1 fully saturated rings. The predicted molar refractivity (Wildman–Crippen MR) is 73.2 cm³/mol. The van der Waals surface area contributed by atoms with Crippen molar-refractivity contribution in [2.45, 2.75) is 24.3 Å². The number of rotatable bonds is 6. The van der Waals surface area contributed by atoms with Crippen LogP contribution in [0.2, 0.25) is 0 Å². The molecular weight excluding hydrogens is 264 g/mol. The van der Waals surface area contributed by atoms with Crippen LogP contribution < -0.4 is 4.72 Å². The Kier molecular flexibility index (Phi) is 4.93. The number of nitrogens with zero attached hydrogens (tertiary/aromatic N) is 1. The molecule has 5 nitrogen and oxygen atoms in total. The van der Waals surface area contributed by atoms with E-state index in [-0.39, 0.29) is 11.5 Å². The molecule has 0 aliphatic carbocycles. The number of hydrogen-bond donors (Lipinski definition) is 2. The minimum absolute atomic E-state index is 0.156. The van der Waals surface area contributed by atoms with Gasteiger partial charge in [0.25, 0.3) is 0 Å². The molecule has 6 heteroatoms. The van der Waals surface area contributed by atoms with Crippen molar-refractivity contribution < 1.29 is 13.5 Å². The third-order valence-electron chi connectivity index (χ3n) is 3.31. The maximum Gasteiger partial charge on any atom is 0.240 e. The molecule has 0 amide bonds. The Morgan fingerprint density at radius 1 is 1.26 bits per heavy atom. The fourth-order valence-electron chi connectivity index (χ4n) is 2.24. The highest BCUT2D eigenvalue weighted by Gasteiger charge is 2.16. The van der Waals surface area contributed by atoms with Gasteiger partial charge in [0.2, 0.25) is 10.0 Å². The lowest BCUT2D eigenvalue weighted by molar-refractivity contribution is 0.281. The molecule has 2 rings (SSSR count). The molecule has 0 spiro atoms. The summed E-state index contributed by atoms with van der Waals surface area (Å²) in [6, 6.07) is 6.37. The van der Waals surface area contributed by atoms with Gasteiger partial charge in [-0.25, -0.2) is 13.1 Å². The van der Waals surface area contributed by atoms with Crippen molar-refractivity contribution in [1.29, 1.82) is 0 Å². The minimum atomic E-state index is -3.47. The molecule has 1 aromatic carbocycles. The van der Waals surface area contributed by atoms with E-state index < -0.39 is 10.0 Å². The molecule has 19 heavy (non-hydrogen) atoms. The van der Waals surface area contributed by atoms with E-state index in [0.717, 1.165) is 19.6 Å². The van der Waals surface area contributed by atoms with Gasteiger partial charge in [0.05, 0.1) is 11.5 Å². The van der Waals surface area contributed by atoms with Crippen LogP contribution in [0.15, 0.2) is 29.2 Å². The van der Waals surface area contributed by atoms with Crippen LogP contribution >= 0.6 is 0 Å². The van der Waals surface area contributed by atoms with E-state index in [0.29, 0.717) is 12.1 Å². The molecule has 0 unspecified atom stereocenters. The molecule has 0 saturated carbocycles. The van der Waals surface area contributed by atoms with Crippen LogP contribution in [0.5, 0.6) is 0 Å². The van der Waals surface area contributed by atoms with Crippen LogP contribution in [0, 0.1) is 0 Å². The topological polar surface area (TPSA) is 69.6 Å². The number of sulfonamides is 1. The first-order valence-corrected chi connectivity index (χ1v) is 8.02. The average molecular weight is 284 g/mol. The molecular formula is C13H20N2O3S. The summed E-state index contributed by atoms with van der Waals surface area (Å²) in [6.45, 7) is 3.13. The van der Waals surface area contributed by atoms with Crippen molar-refractivity contribution in [3.8, 4) is 0 Å². The second kappa shape index (κ2) is 6.47. The molecule has 2 N–H and O–H groups in total. The second-order valence-corrected chi connectivity index (χ2v) is 6.52. The minimum Gasteiger partial charge on any atom is -0.392 e. The van der Waals surface area contributed by atoms with Gasteiger partial charge in [-0.15, -0.1) is 0 Å². The fourth-order valence-corrected chi connectivity index (χ4v) is 3.33. The van der Waals surface area contributed by atoms with Crippen LogP contribution in [0.3, 0.4) is 0 Å². The van der Waals surface area contributed by atoms with Gasteiger partial charge in [-0.1, -0.05) is 12.1 Å². The third kappa shape index (κ3) is 4.01. The van der Waals surface area contributed by atoms with Crippen LogP contribution in [0.4, 0.5) is 0 Å². The molecule has 1 heterocycles. The highest BCUT2D eigenvalue weighted by molar-refractivity contribution is 7.89. The summed E-state index contributed by atoms with van der Waals surface area (Å²) in [5, 5.41) is 9.03. The number of benzene rings is 1.